The second kappa shape index (κ2) is 5.64. The standard InChI is InChI=1S/C14H13ClN2O3/c1-18-16-8-12-10-6-7-19-14(13(10)17-20-12)9-4-2-3-5-11(9)15/h2-5,8,14H,6-7H2,1H3. The summed E-state index contributed by atoms with van der Waals surface area (Å²) in [5.41, 5.74) is 2.63. The van der Waals surface area contributed by atoms with Crippen molar-refractivity contribution in [2.45, 2.75) is 12.5 Å². The Morgan fingerprint density at radius 2 is 2.30 bits per heavy atom. The average molecular weight is 293 g/mol. The summed E-state index contributed by atoms with van der Waals surface area (Å²) in [5, 5.41) is 8.47. The fourth-order valence-corrected chi connectivity index (χ4v) is 2.51. The highest BCUT2D eigenvalue weighted by Crippen LogP contribution is 2.36. The van der Waals surface area contributed by atoms with Crippen LogP contribution in [0.4, 0.5) is 0 Å². The topological polar surface area (TPSA) is 56.9 Å². The molecule has 0 saturated carbocycles. The molecule has 104 valence electrons. The molecule has 0 bridgehead atoms. The van der Waals surface area contributed by atoms with E-state index in [2.05, 4.69) is 15.1 Å². The van der Waals surface area contributed by atoms with Crippen LogP contribution in [0.5, 0.6) is 0 Å². The van der Waals surface area contributed by atoms with Crippen LogP contribution in [0.3, 0.4) is 0 Å². The minimum atomic E-state index is -0.305. The van der Waals surface area contributed by atoms with Crippen molar-refractivity contribution in [2.75, 3.05) is 13.7 Å². The molecule has 2 heterocycles. The first-order valence-corrected chi connectivity index (χ1v) is 6.60. The first kappa shape index (κ1) is 13.1. The number of benzene rings is 1. The molecule has 1 aromatic heterocycles. The van der Waals surface area contributed by atoms with Crippen molar-refractivity contribution in [3.05, 3.63) is 51.9 Å². The molecular formula is C14H13ClN2O3. The van der Waals surface area contributed by atoms with E-state index in [1.807, 2.05) is 24.3 Å². The number of ether oxygens (including phenoxy) is 1. The van der Waals surface area contributed by atoms with Crippen LogP contribution < -0.4 is 0 Å². The van der Waals surface area contributed by atoms with E-state index in [1.54, 1.807) is 0 Å². The maximum absolute atomic E-state index is 6.23. The highest BCUT2D eigenvalue weighted by atomic mass is 35.5. The zero-order valence-electron chi connectivity index (χ0n) is 10.9. The number of rotatable bonds is 3. The van der Waals surface area contributed by atoms with Gasteiger partial charge in [-0.15, -0.1) is 0 Å². The average Bonchev–Trinajstić information content (AvgIpc) is 2.89. The zero-order valence-corrected chi connectivity index (χ0v) is 11.6. The van der Waals surface area contributed by atoms with Gasteiger partial charge in [0.1, 0.15) is 25.1 Å². The third kappa shape index (κ3) is 2.30. The van der Waals surface area contributed by atoms with Gasteiger partial charge in [-0.3, -0.25) is 0 Å². The van der Waals surface area contributed by atoms with Crippen molar-refractivity contribution in [2.24, 2.45) is 5.16 Å². The van der Waals surface area contributed by atoms with Crippen LogP contribution in [0.15, 0.2) is 33.9 Å². The van der Waals surface area contributed by atoms with Crippen LogP contribution in [0.2, 0.25) is 5.02 Å². The maximum Gasteiger partial charge on any atom is 0.184 e. The summed E-state index contributed by atoms with van der Waals surface area (Å²) in [6.07, 6.45) is 1.94. The molecule has 1 atom stereocenters. The van der Waals surface area contributed by atoms with E-state index in [0.29, 0.717) is 17.4 Å². The number of fused-ring (bicyclic) bond motifs is 1. The normalized spacial score (nSPS) is 18.2. The summed E-state index contributed by atoms with van der Waals surface area (Å²) in [5.74, 6) is 0.599. The van der Waals surface area contributed by atoms with E-state index in [4.69, 9.17) is 20.9 Å². The first-order valence-electron chi connectivity index (χ1n) is 6.22. The van der Waals surface area contributed by atoms with Crippen molar-refractivity contribution >= 4 is 17.8 Å². The van der Waals surface area contributed by atoms with Crippen LogP contribution in [-0.2, 0) is 16.0 Å². The second-order valence-corrected chi connectivity index (χ2v) is 4.76. The monoisotopic (exact) mass is 292 g/mol. The molecule has 2 aromatic rings. The van der Waals surface area contributed by atoms with Gasteiger partial charge >= 0.3 is 0 Å². The third-order valence-electron chi connectivity index (χ3n) is 3.20. The second-order valence-electron chi connectivity index (χ2n) is 4.35. The van der Waals surface area contributed by atoms with Crippen LogP contribution >= 0.6 is 11.6 Å². The molecule has 0 aliphatic carbocycles. The molecule has 1 unspecified atom stereocenters. The Morgan fingerprint density at radius 1 is 1.45 bits per heavy atom. The number of halogens is 1. The minimum absolute atomic E-state index is 0.305. The van der Waals surface area contributed by atoms with Crippen molar-refractivity contribution in [3.8, 4) is 0 Å². The van der Waals surface area contributed by atoms with Crippen molar-refractivity contribution in [1.29, 1.82) is 0 Å². The van der Waals surface area contributed by atoms with Gasteiger partial charge in [0.15, 0.2) is 5.76 Å². The minimum Gasteiger partial charge on any atom is -0.399 e. The van der Waals surface area contributed by atoms with Gasteiger partial charge in [0.25, 0.3) is 0 Å². The Kier molecular flexibility index (Phi) is 3.71. The van der Waals surface area contributed by atoms with E-state index >= 15 is 0 Å². The maximum atomic E-state index is 6.23. The van der Waals surface area contributed by atoms with Gasteiger partial charge in [-0.05, 0) is 6.07 Å². The first-order chi connectivity index (χ1) is 9.81. The molecule has 0 N–H and O–H groups in total. The Bertz CT molecular complexity index is 639. The summed E-state index contributed by atoms with van der Waals surface area (Å²) in [6, 6.07) is 7.57. The Labute approximate surface area is 121 Å². The van der Waals surface area contributed by atoms with Crippen LogP contribution in [0, 0.1) is 0 Å². The van der Waals surface area contributed by atoms with Gasteiger partial charge in [0.2, 0.25) is 0 Å². The quantitative estimate of drug-likeness (QED) is 0.644. The number of oxime groups is 1. The van der Waals surface area contributed by atoms with Crippen LogP contribution in [0.25, 0.3) is 0 Å². The molecule has 1 aliphatic rings. The fourth-order valence-electron chi connectivity index (χ4n) is 2.28. The molecular weight excluding hydrogens is 280 g/mol. The van der Waals surface area contributed by atoms with Gasteiger partial charge in [0.05, 0.1) is 6.61 Å². The molecule has 5 nitrogen and oxygen atoms in total. The van der Waals surface area contributed by atoms with E-state index in [0.717, 1.165) is 23.2 Å². The van der Waals surface area contributed by atoms with Gasteiger partial charge in [-0.2, -0.15) is 0 Å². The lowest BCUT2D eigenvalue weighted by molar-refractivity contribution is 0.0657. The fraction of sp³-hybridized carbons (Fsp3) is 0.286. The van der Waals surface area contributed by atoms with E-state index in [1.165, 1.54) is 13.3 Å². The molecule has 3 rings (SSSR count). The molecule has 1 aromatic carbocycles. The molecule has 0 fully saturated rings. The molecule has 6 heteroatoms. The summed E-state index contributed by atoms with van der Waals surface area (Å²) < 4.78 is 11.1. The number of nitrogens with zero attached hydrogens (tertiary/aromatic N) is 2. The molecule has 0 saturated heterocycles. The number of hydrogen-bond acceptors (Lipinski definition) is 5. The van der Waals surface area contributed by atoms with Gasteiger partial charge in [-0.25, -0.2) is 0 Å². The number of hydrogen-bond donors (Lipinski definition) is 0. The van der Waals surface area contributed by atoms with Gasteiger partial charge in [0, 0.05) is 22.6 Å². The largest absolute Gasteiger partial charge is 0.399 e. The van der Waals surface area contributed by atoms with Crippen molar-refractivity contribution in [3.63, 3.8) is 0 Å². The third-order valence-corrected chi connectivity index (χ3v) is 3.54. The highest BCUT2D eigenvalue weighted by molar-refractivity contribution is 6.31. The summed E-state index contributed by atoms with van der Waals surface area (Å²) in [4.78, 5) is 4.67. The molecule has 0 amide bonds. The van der Waals surface area contributed by atoms with Crippen LogP contribution in [0.1, 0.15) is 28.7 Å². The lowest BCUT2D eigenvalue weighted by Gasteiger charge is -2.22. The van der Waals surface area contributed by atoms with Crippen LogP contribution in [-0.4, -0.2) is 25.1 Å². The Hall–Kier alpha value is -1.85. The predicted molar refractivity (Wildman–Crippen MR) is 74.1 cm³/mol. The zero-order chi connectivity index (χ0) is 13.9. The SMILES string of the molecule is CON=Cc1onc2c1CCOC2c1ccccc1Cl. The molecule has 0 radical (unpaired) electrons. The van der Waals surface area contributed by atoms with E-state index in [9.17, 15) is 0 Å². The summed E-state index contributed by atoms with van der Waals surface area (Å²) >= 11 is 6.23. The Morgan fingerprint density at radius 3 is 3.10 bits per heavy atom. The smallest absolute Gasteiger partial charge is 0.184 e. The molecule has 1 aliphatic heterocycles. The lowest BCUT2D eigenvalue weighted by atomic mass is 9.98. The predicted octanol–water partition coefficient (Wildman–Crippen LogP) is 2.97. The molecule has 0 spiro atoms. The Balaban J connectivity index is 2.01. The van der Waals surface area contributed by atoms with E-state index < -0.39 is 0 Å². The number of aromatic nitrogens is 1. The summed E-state index contributed by atoms with van der Waals surface area (Å²) in [7, 11) is 1.48. The van der Waals surface area contributed by atoms with Crippen molar-refractivity contribution in [1.82, 2.24) is 5.16 Å². The van der Waals surface area contributed by atoms with Crippen molar-refractivity contribution < 1.29 is 14.1 Å². The van der Waals surface area contributed by atoms with E-state index in [-0.39, 0.29) is 6.10 Å². The summed E-state index contributed by atoms with van der Waals surface area (Å²) in [6.45, 7) is 0.581. The van der Waals surface area contributed by atoms with Gasteiger partial charge < -0.3 is 14.1 Å². The van der Waals surface area contributed by atoms with Gasteiger partial charge in [-0.1, -0.05) is 40.1 Å². The highest BCUT2D eigenvalue weighted by Gasteiger charge is 2.30. The molecule has 20 heavy (non-hydrogen) atoms. The lowest BCUT2D eigenvalue weighted by Crippen LogP contribution is -2.17.